The van der Waals surface area contributed by atoms with Gasteiger partial charge in [0.1, 0.15) is 17.6 Å². The maximum Gasteiger partial charge on any atom is 0.243 e. The summed E-state index contributed by atoms with van der Waals surface area (Å²) in [6.07, 6.45) is 0.639. The average molecular weight is 449 g/mol. The van der Waals surface area contributed by atoms with Crippen molar-refractivity contribution in [3.8, 4) is 5.75 Å². The number of halogens is 1. The van der Waals surface area contributed by atoms with Gasteiger partial charge in [0, 0.05) is 25.9 Å². The summed E-state index contributed by atoms with van der Waals surface area (Å²) in [5.41, 5.74) is 2.64. The first-order valence-corrected chi connectivity index (χ1v) is 11.0. The molecule has 0 saturated carbocycles. The lowest BCUT2D eigenvalue weighted by molar-refractivity contribution is -0.141. The fourth-order valence-electron chi connectivity index (χ4n) is 3.59. The summed E-state index contributed by atoms with van der Waals surface area (Å²) in [4.78, 5) is 27.9. The van der Waals surface area contributed by atoms with E-state index in [0.717, 1.165) is 22.4 Å². The Morgan fingerprint density at radius 2 is 1.55 bits per heavy atom. The van der Waals surface area contributed by atoms with E-state index in [-0.39, 0.29) is 30.6 Å². The maximum atomic E-state index is 13.4. The van der Waals surface area contributed by atoms with Gasteiger partial charge >= 0.3 is 0 Å². The van der Waals surface area contributed by atoms with Crippen molar-refractivity contribution in [1.29, 1.82) is 0 Å². The Labute approximate surface area is 194 Å². The maximum absolute atomic E-state index is 13.4. The molecule has 0 saturated heterocycles. The Morgan fingerprint density at radius 1 is 0.909 bits per heavy atom. The number of nitrogens with zero attached hydrogens (tertiary/aromatic N) is 1. The number of benzene rings is 3. The van der Waals surface area contributed by atoms with Gasteiger partial charge in [-0.2, -0.15) is 0 Å². The van der Waals surface area contributed by atoms with E-state index in [1.807, 2.05) is 54.6 Å². The highest BCUT2D eigenvalue weighted by Crippen LogP contribution is 2.17. The smallest absolute Gasteiger partial charge is 0.243 e. The van der Waals surface area contributed by atoms with Gasteiger partial charge in [0.05, 0.1) is 7.11 Å². The summed E-state index contributed by atoms with van der Waals surface area (Å²) in [5, 5.41) is 2.98. The minimum Gasteiger partial charge on any atom is -0.497 e. The molecule has 3 aromatic carbocycles. The standard InChI is InChI=1S/C27H29FN2O3/c1-3-26(31)30(19-22-9-13-23(28)14-10-22)25(17-20-7-5-4-6-8-20)27(32)29-18-21-11-15-24(33-2)16-12-21/h4-16,25H,3,17-19H2,1-2H3,(H,29,32)/t25-/m0/s1. The minimum absolute atomic E-state index is 0.139. The van der Waals surface area contributed by atoms with Crippen molar-refractivity contribution in [2.45, 2.75) is 38.9 Å². The number of amides is 2. The van der Waals surface area contributed by atoms with Gasteiger partial charge < -0.3 is 15.0 Å². The van der Waals surface area contributed by atoms with E-state index in [0.29, 0.717) is 13.0 Å². The van der Waals surface area contributed by atoms with Crippen LogP contribution in [-0.4, -0.2) is 29.9 Å². The van der Waals surface area contributed by atoms with Gasteiger partial charge in [-0.15, -0.1) is 0 Å². The summed E-state index contributed by atoms with van der Waals surface area (Å²) in [7, 11) is 1.60. The van der Waals surface area contributed by atoms with Crippen molar-refractivity contribution in [2.75, 3.05) is 7.11 Å². The van der Waals surface area contributed by atoms with Crippen LogP contribution in [-0.2, 0) is 29.1 Å². The molecule has 3 rings (SSSR count). The van der Waals surface area contributed by atoms with Gasteiger partial charge in [-0.05, 0) is 41.0 Å². The van der Waals surface area contributed by atoms with E-state index in [1.165, 1.54) is 12.1 Å². The first-order chi connectivity index (χ1) is 16.0. The Morgan fingerprint density at radius 3 is 2.15 bits per heavy atom. The number of carbonyl (C=O) groups excluding carboxylic acids is 2. The molecule has 0 aromatic heterocycles. The van der Waals surface area contributed by atoms with Crippen LogP contribution in [0.5, 0.6) is 5.75 Å². The summed E-state index contributed by atoms with van der Waals surface area (Å²) >= 11 is 0. The first-order valence-electron chi connectivity index (χ1n) is 11.0. The second kappa shape index (κ2) is 11.8. The fraction of sp³-hybridized carbons (Fsp3) is 0.259. The Bertz CT molecular complexity index is 1040. The van der Waals surface area contributed by atoms with Gasteiger partial charge in [-0.3, -0.25) is 9.59 Å². The molecule has 0 spiro atoms. The number of hydrogen-bond acceptors (Lipinski definition) is 3. The number of rotatable bonds is 10. The van der Waals surface area contributed by atoms with Crippen molar-refractivity contribution < 1.29 is 18.7 Å². The predicted octanol–water partition coefficient (Wildman–Crippen LogP) is 4.50. The molecule has 1 N–H and O–H groups in total. The molecule has 0 unspecified atom stereocenters. The van der Waals surface area contributed by atoms with Gasteiger partial charge in [-0.1, -0.05) is 61.5 Å². The highest BCUT2D eigenvalue weighted by molar-refractivity contribution is 5.88. The average Bonchev–Trinajstić information content (AvgIpc) is 2.86. The van der Waals surface area contributed by atoms with Gasteiger partial charge in [0.2, 0.25) is 11.8 Å². The summed E-state index contributed by atoms with van der Waals surface area (Å²) in [6.45, 7) is 2.33. The summed E-state index contributed by atoms with van der Waals surface area (Å²) in [5.74, 6) is 0.0228. The molecule has 0 aliphatic carbocycles. The third-order valence-corrected chi connectivity index (χ3v) is 5.47. The van der Waals surface area contributed by atoms with E-state index in [2.05, 4.69) is 5.32 Å². The Balaban J connectivity index is 1.83. The van der Waals surface area contributed by atoms with Crippen molar-refractivity contribution >= 4 is 11.8 Å². The third kappa shape index (κ3) is 6.91. The first kappa shape index (κ1) is 24.0. The van der Waals surface area contributed by atoms with Crippen LogP contribution in [0.25, 0.3) is 0 Å². The molecule has 0 bridgehead atoms. The lowest BCUT2D eigenvalue weighted by Crippen LogP contribution is -2.50. The molecular formula is C27H29FN2O3. The zero-order valence-electron chi connectivity index (χ0n) is 19.0. The molecule has 172 valence electrons. The van der Waals surface area contributed by atoms with Crippen LogP contribution in [0.3, 0.4) is 0 Å². The Hall–Kier alpha value is -3.67. The van der Waals surface area contributed by atoms with E-state index in [4.69, 9.17) is 4.74 Å². The molecule has 2 amide bonds. The third-order valence-electron chi connectivity index (χ3n) is 5.47. The molecular weight excluding hydrogens is 419 g/mol. The van der Waals surface area contributed by atoms with Crippen molar-refractivity contribution in [3.05, 3.63) is 101 Å². The molecule has 5 nitrogen and oxygen atoms in total. The zero-order valence-corrected chi connectivity index (χ0v) is 19.0. The van der Waals surface area contributed by atoms with Crippen LogP contribution in [0.2, 0.25) is 0 Å². The molecule has 0 aliphatic heterocycles. The monoisotopic (exact) mass is 448 g/mol. The molecule has 0 heterocycles. The topological polar surface area (TPSA) is 58.6 Å². The van der Waals surface area contributed by atoms with E-state index in [1.54, 1.807) is 31.1 Å². The highest BCUT2D eigenvalue weighted by atomic mass is 19.1. The minimum atomic E-state index is -0.705. The second-order valence-electron chi connectivity index (χ2n) is 7.77. The largest absolute Gasteiger partial charge is 0.497 e. The summed E-state index contributed by atoms with van der Waals surface area (Å²) in [6, 6.07) is 22.4. The van der Waals surface area contributed by atoms with E-state index >= 15 is 0 Å². The molecule has 1 atom stereocenters. The van der Waals surface area contributed by atoms with Gasteiger partial charge in [-0.25, -0.2) is 4.39 Å². The van der Waals surface area contributed by atoms with Crippen molar-refractivity contribution in [2.24, 2.45) is 0 Å². The zero-order chi connectivity index (χ0) is 23.6. The van der Waals surface area contributed by atoms with Gasteiger partial charge in [0.25, 0.3) is 0 Å². The van der Waals surface area contributed by atoms with Crippen LogP contribution in [0, 0.1) is 5.82 Å². The second-order valence-corrected chi connectivity index (χ2v) is 7.77. The SMILES string of the molecule is CCC(=O)N(Cc1ccc(F)cc1)[C@@H](Cc1ccccc1)C(=O)NCc1ccc(OC)cc1. The quantitative estimate of drug-likeness (QED) is 0.497. The lowest BCUT2D eigenvalue weighted by atomic mass is 10.0. The number of carbonyl (C=O) groups is 2. The van der Waals surface area contributed by atoms with Crippen LogP contribution >= 0.6 is 0 Å². The van der Waals surface area contributed by atoms with Gasteiger partial charge in [0.15, 0.2) is 0 Å². The van der Waals surface area contributed by atoms with Crippen molar-refractivity contribution in [1.82, 2.24) is 10.2 Å². The van der Waals surface area contributed by atoms with Crippen molar-refractivity contribution in [3.63, 3.8) is 0 Å². The molecule has 3 aromatic rings. The predicted molar refractivity (Wildman–Crippen MR) is 126 cm³/mol. The number of hydrogen-bond donors (Lipinski definition) is 1. The molecule has 0 radical (unpaired) electrons. The number of ether oxygens (including phenoxy) is 1. The van der Waals surface area contributed by atoms with Crippen LogP contribution in [0.1, 0.15) is 30.0 Å². The normalized spacial score (nSPS) is 11.5. The molecule has 0 fully saturated rings. The molecule has 6 heteroatoms. The van der Waals surface area contributed by atoms with Crippen LogP contribution in [0.15, 0.2) is 78.9 Å². The Kier molecular flexibility index (Phi) is 8.58. The highest BCUT2D eigenvalue weighted by Gasteiger charge is 2.29. The van der Waals surface area contributed by atoms with Crippen LogP contribution < -0.4 is 10.1 Å². The molecule has 33 heavy (non-hydrogen) atoms. The fourth-order valence-corrected chi connectivity index (χ4v) is 3.59. The summed E-state index contributed by atoms with van der Waals surface area (Å²) < 4.78 is 18.6. The lowest BCUT2D eigenvalue weighted by Gasteiger charge is -2.31. The van der Waals surface area contributed by atoms with E-state index in [9.17, 15) is 14.0 Å². The van der Waals surface area contributed by atoms with Crippen LogP contribution in [0.4, 0.5) is 4.39 Å². The number of methoxy groups -OCH3 is 1. The van der Waals surface area contributed by atoms with E-state index < -0.39 is 6.04 Å². The number of nitrogens with one attached hydrogen (secondary N) is 1. The molecule has 0 aliphatic rings.